The standard InChI is InChI=1S/C12H10O6/c1-16-12(15)9(14)5-8(13)7-2-3-10-11(4-7)18-6-17-10/h2-4H,5-6H2,1H3. The van der Waals surface area contributed by atoms with Gasteiger partial charge in [0.15, 0.2) is 17.3 Å². The Morgan fingerprint density at radius 2 is 1.94 bits per heavy atom. The van der Waals surface area contributed by atoms with Gasteiger partial charge in [-0.1, -0.05) is 0 Å². The Morgan fingerprint density at radius 3 is 2.67 bits per heavy atom. The van der Waals surface area contributed by atoms with Crippen LogP contribution in [0.15, 0.2) is 18.2 Å². The molecule has 0 fully saturated rings. The fourth-order valence-electron chi connectivity index (χ4n) is 1.50. The molecule has 0 radical (unpaired) electrons. The molecule has 0 aromatic heterocycles. The van der Waals surface area contributed by atoms with Crippen molar-refractivity contribution in [1.82, 2.24) is 0 Å². The molecule has 0 aliphatic carbocycles. The number of Topliss-reactive ketones (excluding diaryl/α,β-unsaturated/α-hetero) is 2. The van der Waals surface area contributed by atoms with Crippen molar-refractivity contribution in [1.29, 1.82) is 0 Å². The van der Waals surface area contributed by atoms with Crippen molar-refractivity contribution in [2.75, 3.05) is 13.9 Å². The summed E-state index contributed by atoms with van der Waals surface area (Å²) < 4.78 is 14.4. The zero-order valence-electron chi connectivity index (χ0n) is 9.60. The predicted molar refractivity (Wildman–Crippen MR) is 58.5 cm³/mol. The lowest BCUT2D eigenvalue weighted by Crippen LogP contribution is -2.19. The van der Waals surface area contributed by atoms with E-state index in [4.69, 9.17) is 9.47 Å². The molecule has 0 N–H and O–H groups in total. The minimum absolute atomic E-state index is 0.105. The van der Waals surface area contributed by atoms with Crippen molar-refractivity contribution in [3.8, 4) is 11.5 Å². The first-order valence-corrected chi connectivity index (χ1v) is 5.16. The molecule has 6 nitrogen and oxygen atoms in total. The monoisotopic (exact) mass is 250 g/mol. The number of ketones is 2. The average Bonchev–Trinajstić information content (AvgIpc) is 2.84. The molecule has 2 rings (SSSR count). The maximum atomic E-state index is 11.8. The molecule has 0 amide bonds. The fourth-order valence-corrected chi connectivity index (χ4v) is 1.50. The van der Waals surface area contributed by atoms with E-state index in [0.29, 0.717) is 11.5 Å². The van der Waals surface area contributed by atoms with Crippen molar-refractivity contribution in [2.45, 2.75) is 6.42 Å². The smallest absolute Gasteiger partial charge is 0.374 e. The predicted octanol–water partition coefficient (Wildman–Crippen LogP) is 0.730. The largest absolute Gasteiger partial charge is 0.463 e. The molecule has 0 saturated heterocycles. The number of hydrogen-bond acceptors (Lipinski definition) is 6. The van der Waals surface area contributed by atoms with Crippen LogP contribution < -0.4 is 9.47 Å². The maximum Gasteiger partial charge on any atom is 0.374 e. The van der Waals surface area contributed by atoms with Gasteiger partial charge in [0.25, 0.3) is 0 Å². The minimum Gasteiger partial charge on any atom is -0.463 e. The molecule has 0 atom stereocenters. The number of ether oxygens (including phenoxy) is 3. The normalized spacial score (nSPS) is 12.1. The molecule has 0 saturated carbocycles. The summed E-state index contributed by atoms with van der Waals surface area (Å²) in [7, 11) is 1.09. The van der Waals surface area contributed by atoms with Gasteiger partial charge in [-0.25, -0.2) is 4.79 Å². The zero-order chi connectivity index (χ0) is 13.1. The van der Waals surface area contributed by atoms with Crippen molar-refractivity contribution < 1.29 is 28.6 Å². The Bertz CT molecular complexity index is 519. The third-order valence-electron chi connectivity index (χ3n) is 2.43. The highest BCUT2D eigenvalue weighted by Crippen LogP contribution is 2.32. The summed E-state index contributed by atoms with van der Waals surface area (Å²) >= 11 is 0. The van der Waals surface area contributed by atoms with Gasteiger partial charge in [-0.05, 0) is 18.2 Å². The highest BCUT2D eigenvalue weighted by Gasteiger charge is 2.21. The minimum atomic E-state index is -1.02. The van der Waals surface area contributed by atoms with Gasteiger partial charge in [0, 0.05) is 5.56 Å². The summed E-state index contributed by atoms with van der Waals surface area (Å²) in [5.41, 5.74) is 0.288. The number of carbonyl (C=O) groups is 3. The molecule has 6 heteroatoms. The number of hydrogen-bond donors (Lipinski definition) is 0. The van der Waals surface area contributed by atoms with Gasteiger partial charge in [0.2, 0.25) is 12.6 Å². The van der Waals surface area contributed by atoms with Gasteiger partial charge in [-0.15, -0.1) is 0 Å². The summed E-state index contributed by atoms with van der Waals surface area (Å²) in [6.07, 6.45) is -0.522. The molecule has 1 aromatic rings. The lowest BCUT2D eigenvalue weighted by atomic mass is 10.1. The Labute approximate surface area is 102 Å². The first-order chi connectivity index (χ1) is 8.61. The third kappa shape index (κ3) is 2.32. The van der Waals surface area contributed by atoms with E-state index in [2.05, 4.69) is 4.74 Å². The van der Waals surface area contributed by atoms with Gasteiger partial charge in [-0.3, -0.25) is 9.59 Å². The number of esters is 1. The second kappa shape index (κ2) is 4.87. The zero-order valence-corrected chi connectivity index (χ0v) is 9.60. The second-order valence-corrected chi connectivity index (χ2v) is 3.58. The van der Waals surface area contributed by atoms with E-state index in [0.717, 1.165) is 7.11 Å². The van der Waals surface area contributed by atoms with Crippen molar-refractivity contribution in [2.24, 2.45) is 0 Å². The van der Waals surface area contributed by atoms with Gasteiger partial charge < -0.3 is 14.2 Å². The maximum absolute atomic E-state index is 11.8. The summed E-state index contributed by atoms with van der Waals surface area (Å²) in [6.45, 7) is 0.105. The first kappa shape index (κ1) is 12.1. The van der Waals surface area contributed by atoms with Crippen molar-refractivity contribution in [3.63, 3.8) is 0 Å². The van der Waals surface area contributed by atoms with Gasteiger partial charge >= 0.3 is 5.97 Å². The summed E-state index contributed by atoms with van der Waals surface area (Å²) in [6, 6.07) is 4.58. The van der Waals surface area contributed by atoms with Crippen LogP contribution in [-0.4, -0.2) is 31.4 Å². The van der Waals surface area contributed by atoms with Crippen LogP contribution in [0, 0.1) is 0 Å². The third-order valence-corrected chi connectivity index (χ3v) is 2.43. The summed E-state index contributed by atoms with van der Waals surface area (Å²) in [5.74, 6) is -1.37. The van der Waals surface area contributed by atoms with Crippen LogP contribution in [0.2, 0.25) is 0 Å². The Balaban J connectivity index is 2.10. The van der Waals surface area contributed by atoms with Gasteiger partial charge in [0.05, 0.1) is 13.5 Å². The van der Waals surface area contributed by atoms with Crippen molar-refractivity contribution >= 4 is 17.5 Å². The molecule has 1 aromatic carbocycles. The molecule has 0 bridgehead atoms. The van der Waals surface area contributed by atoms with Crippen LogP contribution in [0.1, 0.15) is 16.8 Å². The number of rotatable bonds is 4. The van der Waals surface area contributed by atoms with Crippen LogP contribution >= 0.6 is 0 Å². The SMILES string of the molecule is COC(=O)C(=O)CC(=O)c1ccc2c(c1)OCO2. The molecular weight excluding hydrogens is 240 g/mol. The highest BCUT2D eigenvalue weighted by atomic mass is 16.7. The summed E-state index contributed by atoms with van der Waals surface area (Å²) in [5, 5.41) is 0. The second-order valence-electron chi connectivity index (χ2n) is 3.58. The Morgan fingerprint density at radius 1 is 1.22 bits per heavy atom. The van der Waals surface area contributed by atoms with E-state index in [-0.39, 0.29) is 12.4 Å². The number of fused-ring (bicyclic) bond motifs is 1. The van der Waals surface area contributed by atoms with E-state index in [1.807, 2.05) is 0 Å². The van der Waals surface area contributed by atoms with E-state index >= 15 is 0 Å². The van der Waals surface area contributed by atoms with E-state index in [1.165, 1.54) is 12.1 Å². The molecule has 1 aliphatic heterocycles. The Hall–Kier alpha value is -2.37. The fraction of sp³-hybridized carbons (Fsp3) is 0.250. The molecule has 0 spiro atoms. The Kier molecular flexibility index (Phi) is 3.27. The number of methoxy groups -OCH3 is 1. The highest BCUT2D eigenvalue weighted by molar-refractivity contribution is 6.38. The van der Waals surface area contributed by atoms with Crippen LogP contribution in [0.5, 0.6) is 11.5 Å². The van der Waals surface area contributed by atoms with Crippen LogP contribution in [0.25, 0.3) is 0 Å². The lowest BCUT2D eigenvalue weighted by Gasteiger charge is -2.01. The molecule has 1 aliphatic rings. The topological polar surface area (TPSA) is 78.9 Å². The van der Waals surface area contributed by atoms with E-state index in [1.54, 1.807) is 6.07 Å². The quantitative estimate of drug-likeness (QED) is 0.339. The number of benzene rings is 1. The van der Waals surface area contributed by atoms with E-state index in [9.17, 15) is 14.4 Å². The average molecular weight is 250 g/mol. The molecular formula is C12H10O6. The van der Waals surface area contributed by atoms with Crippen LogP contribution in [0.3, 0.4) is 0 Å². The molecule has 18 heavy (non-hydrogen) atoms. The van der Waals surface area contributed by atoms with Gasteiger partial charge in [-0.2, -0.15) is 0 Å². The summed E-state index contributed by atoms with van der Waals surface area (Å²) in [4.78, 5) is 33.9. The van der Waals surface area contributed by atoms with Crippen molar-refractivity contribution in [3.05, 3.63) is 23.8 Å². The lowest BCUT2D eigenvalue weighted by molar-refractivity contribution is -0.151. The molecule has 1 heterocycles. The van der Waals surface area contributed by atoms with Crippen LogP contribution in [0.4, 0.5) is 0 Å². The number of carbonyl (C=O) groups excluding carboxylic acids is 3. The molecule has 94 valence electrons. The first-order valence-electron chi connectivity index (χ1n) is 5.16. The van der Waals surface area contributed by atoms with E-state index < -0.39 is 24.0 Å². The molecule has 0 unspecified atom stereocenters. The van der Waals surface area contributed by atoms with Gasteiger partial charge in [0.1, 0.15) is 0 Å². The van der Waals surface area contributed by atoms with Crippen LogP contribution in [-0.2, 0) is 14.3 Å².